The maximum absolute atomic E-state index is 12.9. The summed E-state index contributed by atoms with van der Waals surface area (Å²) >= 11 is 6.07. The first kappa shape index (κ1) is 22.0. The summed E-state index contributed by atoms with van der Waals surface area (Å²) in [5.74, 6) is 0.510. The Bertz CT molecular complexity index is 878. The minimum atomic E-state index is -0.0702. The smallest absolute Gasteiger partial charge is 0.257 e. The van der Waals surface area contributed by atoms with Crippen LogP contribution in [0.15, 0.2) is 42.5 Å². The van der Waals surface area contributed by atoms with Gasteiger partial charge in [-0.05, 0) is 48.9 Å². The second-order valence-corrected chi connectivity index (χ2v) is 7.76. The molecule has 0 saturated carbocycles. The van der Waals surface area contributed by atoms with Crippen LogP contribution in [0, 0.1) is 0 Å². The third kappa shape index (κ3) is 5.45. The highest BCUT2D eigenvalue weighted by molar-refractivity contribution is 6.31. The van der Waals surface area contributed by atoms with Gasteiger partial charge < -0.3 is 19.9 Å². The third-order valence-electron chi connectivity index (χ3n) is 5.23. The van der Waals surface area contributed by atoms with Crippen LogP contribution >= 0.6 is 11.6 Å². The average molecular weight is 430 g/mol. The van der Waals surface area contributed by atoms with Crippen molar-refractivity contribution in [1.82, 2.24) is 4.90 Å². The molecule has 6 nitrogen and oxygen atoms in total. The minimum Gasteiger partial charge on any atom is -0.496 e. The van der Waals surface area contributed by atoms with Crippen molar-refractivity contribution in [1.29, 1.82) is 0 Å². The fraction of sp³-hybridized carbons (Fsp3) is 0.391. The number of nitrogens with one attached hydrogen (secondary N) is 1. The summed E-state index contributed by atoms with van der Waals surface area (Å²) < 4.78 is 5.32. The van der Waals surface area contributed by atoms with Crippen LogP contribution in [0.4, 0.5) is 11.4 Å². The number of rotatable bonds is 7. The number of nitrogens with zero attached hydrogens (tertiary/aromatic N) is 2. The highest BCUT2D eigenvalue weighted by Crippen LogP contribution is 2.25. The van der Waals surface area contributed by atoms with Gasteiger partial charge >= 0.3 is 0 Å². The van der Waals surface area contributed by atoms with Gasteiger partial charge in [0.2, 0.25) is 5.91 Å². The van der Waals surface area contributed by atoms with E-state index in [0.29, 0.717) is 35.8 Å². The molecule has 1 aliphatic heterocycles. The molecule has 7 heteroatoms. The van der Waals surface area contributed by atoms with Crippen LogP contribution in [-0.2, 0) is 4.79 Å². The molecule has 1 saturated heterocycles. The normalized spacial score (nSPS) is 13.8. The van der Waals surface area contributed by atoms with Crippen LogP contribution in [0.25, 0.3) is 0 Å². The summed E-state index contributed by atoms with van der Waals surface area (Å²) in [6.45, 7) is 4.77. The molecule has 1 N–H and O–H groups in total. The lowest BCUT2D eigenvalue weighted by Crippen LogP contribution is -2.48. The first-order valence-corrected chi connectivity index (χ1v) is 10.7. The number of amides is 2. The van der Waals surface area contributed by atoms with Crippen LogP contribution in [0.3, 0.4) is 0 Å². The van der Waals surface area contributed by atoms with E-state index in [-0.39, 0.29) is 11.8 Å². The summed E-state index contributed by atoms with van der Waals surface area (Å²) in [5.41, 5.74) is 2.37. The highest BCUT2D eigenvalue weighted by atomic mass is 35.5. The van der Waals surface area contributed by atoms with E-state index in [1.54, 1.807) is 25.3 Å². The van der Waals surface area contributed by atoms with E-state index in [0.717, 1.165) is 37.3 Å². The van der Waals surface area contributed by atoms with E-state index in [1.807, 2.05) is 29.2 Å². The van der Waals surface area contributed by atoms with Gasteiger partial charge in [0.15, 0.2) is 0 Å². The Morgan fingerprint density at radius 3 is 2.40 bits per heavy atom. The zero-order valence-electron chi connectivity index (χ0n) is 17.5. The fourth-order valence-corrected chi connectivity index (χ4v) is 3.67. The first-order chi connectivity index (χ1) is 14.5. The molecule has 3 rings (SSSR count). The minimum absolute atomic E-state index is 0.0492. The second kappa shape index (κ2) is 10.3. The highest BCUT2D eigenvalue weighted by Gasteiger charge is 2.24. The van der Waals surface area contributed by atoms with Gasteiger partial charge in [-0.1, -0.05) is 24.9 Å². The van der Waals surface area contributed by atoms with E-state index >= 15 is 0 Å². The molecular weight excluding hydrogens is 402 g/mol. The van der Waals surface area contributed by atoms with Crippen molar-refractivity contribution in [3.63, 3.8) is 0 Å². The average Bonchev–Trinajstić information content (AvgIpc) is 2.78. The molecule has 2 amide bonds. The first-order valence-electron chi connectivity index (χ1n) is 10.3. The third-order valence-corrected chi connectivity index (χ3v) is 5.47. The molecule has 1 fully saturated rings. The second-order valence-electron chi connectivity index (χ2n) is 7.32. The number of benzene rings is 2. The number of carbonyl (C=O) groups excluding carboxylic acids is 2. The van der Waals surface area contributed by atoms with Crippen molar-refractivity contribution < 1.29 is 14.3 Å². The van der Waals surface area contributed by atoms with Crippen LogP contribution in [-0.4, -0.2) is 50.0 Å². The molecule has 160 valence electrons. The molecule has 0 atom stereocenters. The maximum Gasteiger partial charge on any atom is 0.257 e. The van der Waals surface area contributed by atoms with E-state index in [1.165, 1.54) is 0 Å². The molecule has 0 aromatic heterocycles. The Hall–Kier alpha value is -2.73. The molecule has 1 heterocycles. The number of hydrogen-bond acceptors (Lipinski definition) is 4. The predicted octanol–water partition coefficient (Wildman–Crippen LogP) is 4.44. The topological polar surface area (TPSA) is 61.9 Å². The van der Waals surface area contributed by atoms with Gasteiger partial charge in [-0.25, -0.2) is 0 Å². The van der Waals surface area contributed by atoms with Crippen LogP contribution in [0.1, 0.15) is 36.5 Å². The lowest BCUT2D eigenvalue weighted by atomic mass is 10.1. The van der Waals surface area contributed by atoms with Gasteiger partial charge in [0.1, 0.15) is 5.75 Å². The van der Waals surface area contributed by atoms with Crippen molar-refractivity contribution >= 4 is 34.8 Å². The molecule has 30 heavy (non-hydrogen) atoms. The molecule has 0 aliphatic carbocycles. The fourth-order valence-electron chi connectivity index (χ4n) is 3.50. The standard InChI is InChI=1S/C23H28ClN3O3/c1-3-4-5-22(28)25-18-7-9-19(10-8-18)26-12-14-27(15-13-26)23(29)20-16-17(24)6-11-21(20)30-2/h6-11,16H,3-5,12-15H2,1-2H3,(H,25,28). The van der Waals surface area contributed by atoms with E-state index < -0.39 is 0 Å². The van der Waals surface area contributed by atoms with Crippen LogP contribution in [0.5, 0.6) is 5.75 Å². The molecule has 0 radical (unpaired) electrons. The molecule has 0 spiro atoms. The lowest BCUT2D eigenvalue weighted by molar-refractivity contribution is -0.116. The van der Waals surface area contributed by atoms with Crippen molar-refractivity contribution in [2.75, 3.05) is 43.5 Å². The zero-order valence-corrected chi connectivity index (χ0v) is 18.2. The Morgan fingerprint density at radius 1 is 1.07 bits per heavy atom. The molecule has 1 aliphatic rings. The predicted molar refractivity (Wildman–Crippen MR) is 121 cm³/mol. The molecular formula is C23H28ClN3O3. The number of piperazine rings is 1. The molecule has 0 bridgehead atoms. The Balaban J connectivity index is 1.57. The van der Waals surface area contributed by atoms with Gasteiger partial charge in [-0.15, -0.1) is 0 Å². The molecule has 2 aromatic rings. The van der Waals surface area contributed by atoms with E-state index in [4.69, 9.17) is 16.3 Å². The zero-order chi connectivity index (χ0) is 21.5. The van der Waals surface area contributed by atoms with Gasteiger partial charge in [0.25, 0.3) is 5.91 Å². The summed E-state index contributed by atoms with van der Waals surface area (Å²) in [7, 11) is 1.55. The Kier molecular flexibility index (Phi) is 7.57. The SMILES string of the molecule is CCCCC(=O)Nc1ccc(N2CCN(C(=O)c3cc(Cl)ccc3OC)CC2)cc1. The van der Waals surface area contributed by atoms with Crippen molar-refractivity contribution in [2.24, 2.45) is 0 Å². The summed E-state index contributed by atoms with van der Waals surface area (Å²) in [6.07, 6.45) is 2.45. The van der Waals surface area contributed by atoms with E-state index in [9.17, 15) is 9.59 Å². The van der Waals surface area contributed by atoms with Gasteiger partial charge in [-0.3, -0.25) is 9.59 Å². The van der Waals surface area contributed by atoms with Gasteiger partial charge in [-0.2, -0.15) is 0 Å². The maximum atomic E-state index is 12.9. The number of ether oxygens (including phenoxy) is 1. The van der Waals surface area contributed by atoms with Gasteiger partial charge in [0.05, 0.1) is 12.7 Å². The number of hydrogen-bond donors (Lipinski definition) is 1. The summed E-state index contributed by atoms with van der Waals surface area (Å²) in [4.78, 5) is 28.9. The Labute approximate surface area is 182 Å². The number of methoxy groups -OCH3 is 1. The van der Waals surface area contributed by atoms with Crippen molar-refractivity contribution in [3.05, 3.63) is 53.1 Å². The molecule has 0 unspecified atom stereocenters. The number of carbonyl (C=O) groups is 2. The number of halogens is 1. The summed E-state index contributed by atoms with van der Waals surface area (Å²) in [5, 5.41) is 3.44. The Morgan fingerprint density at radius 2 is 1.77 bits per heavy atom. The number of anilines is 2. The summed E-state index contributed by atoms with van der Waals surface area (Å²) in [6, 6.07) is 12.9. The quantitative estimate of drug-likeness (QED) is 0.706. The van der Waals surface area contributed by atoms with Crippen molar-refractivity contribution in [3.8, 4) is 5.75 Å². The van der Waals surface area contributed by atoms with Gasteiger partial charge in [0, 0.05) is 49.0 Å². The number of unbranched alkanes of at least 4 members (excludes halogenated alkanes) is 1. The monoisotopic (exact) mass is 429 g/mol. The largest absolute Gasteiger partial charge is 0.496 e. The van der Waals surface area contributed by atoms with Crippen LogP contribution in [0.2, 0.25) is 5.02 Å². The van der Waals surface area contributed by atoms with Crippen molar-refractivity contribution in [2.45, 2.75) is 26.2 Å². The molecule has 2 aromatic carbocycles. The van der Waals surface area contributed by atoms with E-state index in [2.05, 4.69) is 17.1 Å². The van der Waals surface area contributed by atoms with Crippen LogP contribution < -0.4 is 15.0 Å². The lowest BCUT2D eigenvalue weighted by Gasteiger charge is -2.36.